The number of aromatic nitrogens is 3. The number of benzene rings is 2. The lowest BCUT2D eigenvalue weighted by Crippen LogP contribution is -2.22. The lowest BCUT2D eigenvalue weighted by molar-refractivity contribution is -0.115. The van der Waals surface area contributed by atoms with Crippen LogP contribution in [0.3, 0.4) is 0 Å². The Hall–Kier alpha value is -2.75. The Morgan fingerprint density at radius 1 is 1.10 bits per heavy atom. The summed E-state index contributed by atoms with van der Waals surface area (Å²) in [4.78, 5) is 18.7. The van der Waals surface area contributed by atoms with Crippen LogP contribution in [0.2, 0.25) is 0 Å². The van der Waals surface area contributed by atoms with Gasteiger partial charge in [-0.3, -0.25) is 9.69 Å². The highest BCUT2D eigenvalue weighted by Gasteiger charge is 2.18. The molecule has 0 aliphatic heterocycles. The molecular weight excluding hydrogens is 446 g/mol. The maximum atomic E-state index is 12.3. The van der Waals surface area contributed by atoms with Gasteiger partial charge in [0.1, 0.15) is 0 Å². The smallest absolute Gasteiger partial charge is 0.230 e. The van der Waals surface area contributed by atoms with Gasteiger partial charge in [0.25, 0.3) is 0 Å². The maximum absolute atomic E-state index is 12.3. The molecule has 0 saturated heterocycles. The van der Waals surface area contributed by atoms with Crippen LogP contribution in [0.4, 0.5) is 21.6 Å². The third-order valence-electron chi connectivity index (χ3n) is 4.57. The molecule has 1 N–H and O–H groups in total. The zero-order valence-corrected chi connectivity index (χ0v) is 19.8. The van der Waals surface area contributed by atoms with Crippen molar-refractivity contribution in [3.05, 3.63) is 70.7 Å². The second kappa shape index (κ2) is 9.59. The average molecular weight is 468 g/mol. The number of aryl methyl sites for hydroxylation is 2. The number of amides is 1. The van der Waals surface area contributed by atoms with Gasteiger partial charge in [-0.05, 0) is 49.2 Å². The number of anilines is 4. The van der Waals surface area contributed by atoms with Gasteiger partial charge >= 0.3 is 0 Å². The SMILES string of the molecule is CC(=O)N(c1ccc(C)c(C)c1)c1nc(CSc2nnc(Nc3ccccc3)s2)cs1. The molecule has 31 heavy (non-hydrogen) atoms. The van der Waals surface area contributed by atoms with E-state index < -0.39 is 0 Å². The summed E-state index contributed by atoms with van der Waals surface area (Å²) < 4.78 is 0.866. The summed E-state index contributed by atoms with van der Waals surface area (Å²) in [5, 5.41) is 15.1. The van der Waals surface area contributed by atoms with Crippen molar-refractivity contribution in [1.82, 2.24) is 15.2 Å². The highest BCUT2D eigenvalue weighted by atomic mass is 32.2. The zero-order valence-electron chi connectivity index (χ0n) is 17.3. The van der Waals surface area contributed by atoms with Crippen molar-refractivity contribution < 1.29 is 4.79 Å². The quantitative estimate of drug-likeness (QED) is 0.320. The van der Waals surface area contributed by atoms with Crippen molar-refractivity contribution in [2.45, 2.75) is 30.9 Å². The first-order chi connectivity index (χ1) is 15.0. The normalized spacial score (nSPS) is 10.8. The summed E-state index contributed by atoms with van der Waals surface area (Å²) in [6, 6.07) is 15.9. The molecule has 0 aliphatic carbocycles. The molecule has 0 aliphatic rings. The fourth-order valence-corrected chi connectivity index (χ4v) is 5.51. The predicted molar refractivity (Wildman–Crippen MR) is 130 cm³/mol. The van der Waals surface area contributed by atoms with Crippen LogP contribution in [-0.2, 0) is 10.5 Å². The van der Waals surface area contributed by atoms with E-state index in [4.69, 9.17) is 4.98 Å². The van der Waals surface area contributed by atoms with E-state index >= 15 is 0 Å². The summed E-state index contributed by atoms with van der Waals surface area (Å²) >= 11 is 4.56. The second-order valence-electron chi connectivity index (χ2n) is 6.90. The number of thiazole rings is 1. The van der Waals surface area contributed by atoms with Crippen LogP contribution >= 0.6 is 34.4 Å². The third-order valence-corrected chi connectivity index (χ3v) is 7.45. The van der Waals surface area contributed by atoms with E-state index in [0.717, 1.165) is 32.1 Å². The Balaban J connectivity index is 1.42. The van der Waals surface area contributed by atoms with Crippen molar-refractivity contribution >= 4 is 62.0 Å². The summed E-state index contributed by atoms with van der Waals surface area (Å²) in [5.41, 5.74) is 5.07. The van der Waals surface area contributed by atoms with E-state index in [9.17, 15) is 4.79 Å². The van der Waals surface area contributed by atoms with Gasteiger partial charge in [-0.2, -0.15) is 0 Å². The molecule has 9 heteroatoms. The van der Waals surface area contributed by atoms with Crippen LogP contribution in [0.25, 0.3) is 0 Å². The minimum atomic E-state index is -0.0578. The second-order valence-corrected chi connectivity index (χ2v) is 9.93. The van der Waals surface area contributed by atoms with Crippen LogP contribution < -0.4 is 10.2 Å². The molecular formula is C22H21N5OS3. The number of nitrogens with zero attached hydrogens (tertiary/aromatic N) is 4. The number of para-hydroxylation sites is 1. The van der Waals surface area contributed by atoms with Crippen molar-refractivity contribution in [3.8, 4) is 0 Å². The minimum Gasteiger partial charge on any atom is -0.330 e. The topological polar surface area (TPSA) is 71.0 Å². The first-order valence-corrected chi connectivity index (χ1v) is 12.3. The van der Waals surface area contributed by atoms with Gasteiger partial charge in [-0.25, -0.2) is 4.98 Å². The van der Waals surface area contributed by atoms with E-state index in [0.29, 0.717) is 10.9 Å². The molecule has 2 heterocycles. The molecule has 0 bridgehead atoms. The molecule has 6 nitrogen and oxygen atoms in total. The number of rotatable bonds is 7. The molecule has 0 saturated carbocycles. The van der Waals surface area contributed by atoms with Crippen LogP contribution in [-0.4, -0.2) is 21.1 Å². The van der Waals surface area contributed by atoms with Gasteiger partial charge in [0.15, 0.2) is 9.47 Å². The Morgan fingerprint density at radius 2 is 1.90 bits per heavy atom. The summed E-state index contributed by atoms with van der Waals surface area (Å²) in [6.45, 7) is 5.67. The van der Waals surface area contributed by atoms with Gasteiger partial charge in [0, 0.05) is 23.7 Å². The van der Waals surface area contributed by atoms with Gasteiger partial charge in [-0.1, -0.05) is 47.4 Å². The molecule has 0 atom stereocenters. The summed E-state index contributed by atoms with van der Waals surface area (Å²) in [7, 11) is 0. The van der Waals surface area contributed by atoms with Crippen molar-refractivity contribution in [3.63, 3.8) is 0 Å². The number of carbonyl (C=O) groups is 1. The zero-order chi connectivity index (χ0) is 21.8. The number of nitrogens with one attached hydrogen (secondary N) is 1. The molecule has 1 amide bonds. The van der Waals surface area contributed by atoms with E-state index in [2.05, 4.69) is 22.4 Å². The van der Waals surface area contributed by atoms with Crippen LogP contribution in [0.1, 0.15) is 23.7 Å². The lowest BCUT2D eigenvalue weighted by Gasteiger charge is -2.19. The highest BCUT2D eigenvalue weighted by molar-refractivity contribution is 8.00. The summed E-state index contributed by atoms with van der Waals surface area (Å²) in [6.07, 6.45) is 0. The average Bonchev–Trinajstić information content (AvgIpc) is 3.39. The molecule has 4 rings (SSSR count). The largest absolute Gasteiger partial charge is 0.330 e. The minimum absolute atomic E-state index is 0.0578. The molecule has 2 aromatic carbocycles. The molecule has 0 fully saturated rings. The fourth-order valence-electron chi connectivity index (χ4n) is 2.86. The Kier molecular flexibility index (Phi) is 6.64. The summed E-state index contributed by atoms with van der Waals surface area (Å²) in [5.74, 6) is 0.604. The van der Waals surface area contributed by atoms with E-state index in [1.165, 1.54) is 28.2 Å². The van der Waals surface area contributed by atoms with Crippen LogP contribution in [0, 0.1) is 13.8 Å². The Bertz CT molecular complexity index is 1190. The highest BCUT2D eigenvalue weighted by Crippen LogP contribution is 2.33. The molecule has 0 spiro atoms. The number of carbonyl (C=O) groups excluding carboxylic acids is 1. The van der Waals surface area contributed by atoms with E-state index in [1.54, 1.807) is 23.6 Å². The lowest BCUT2D eigenvalue weighted by atomic mass is 10.1. The monoisotopic (exact) mass is 467 g/mol. The standard InChI is InChI=1S/C22H21N5OS3/c1-14-9-10-19(11-15(14)2)27(16(3)28)21-24-18(12-29-21)13-30-22-26-25-20(31-22)23-17-7-5-4-6-8-17/h4-12H,13H2,1-3H3,(H,23,25). The van der Waals surface area contributed by atoms with Crippen molar-refractivity contribution in [2.75, 3.05) is 10.2 Å². The molecule has 2 aromatic heterocycles. The van der Waals surface area contributed by atoms with Crippen LogP contribution in [0.5, 0.6) is 0 Å². The predicted octanol–water partition coefficient (Wildman–Crippen LogP) is 6.33. The molecule has 158 valence electrons. The maximum Gasteiger partial charge on any atom is 0.230 e. The first kappa shape index (κ1) is 21.5. The first-order valence-electron chi connectivity index (χ1n) is 9.60. The molecule has 4 aromatic rings. The van der Waals surface area contributed by atoms with Gasteiger partial charge in [0.2, 0.25) is 11.0 Å². The van der Waals surface area contributed by atoms with Crippen molar-refractivity contribution in [2.24, 2.45) is 0 Å². The number of hydrogen-bond donors (Lipinski definition) is 1. The number of thioether (sulfide) groups is 1. The number of hydrogen-bond acceptors (Lipinski definition) is 8. The molecule has 0 radical (unpaired) electrons. The van der Waals surface area contributed by atoms with Gasteiger partial charge in [-0.15, -0.1) is 21.5 Å². The van der Waals surface area contributed by atoms with E-state index in [-0.39, 0.29) is 5.91 Å². The van der Waals surface area contributed by atoms with Crippen molar-refractivity contribution in [1.29, 1.82) is 0 Å². The Labute approximate surface area is 193 Å². The van der Waals surface area contributed by atoms with E-state index in [1.807, 2.05) is 60.8 Å². The third kappa shape index (κ3) is 5.30. The molecule has 0 unspecified atom stereocenters. The van der Waals surface area contributed by atoms with Gasteiger partial charge < -0.3 is 5.32 Å². The Morgan fingerprint density at radius 3 is 2.65 bits per heavy atom. The fraction of sp³-hybridized carbons (Fsp3) is 0.182. The van der Waals surface area contributed by atoms with Gasteiger partial charge in [0.05, 0.1) is 11.4 Å². The van der Waals surface area contributed by atoms with Crippen LogP contribution in [0.15, 0.2) is 58.3 Å².